The lowest BCUT2D eigenvalue weighted by atomic mass is 10.0. The first kappa shape index (κ1) is 9.03. The van der Waals surface area contributed by atoms with Gasteiger partial charge in [0.2, 0.25) is 0 Å². The van der Waals surface area contributed by atoms with Crippen molar-refractivity contribution in [3.05, 3.63) is 11.8 Å². The molecule has 2 rings (SSSR count). The van der Waals surface area contributed by atoms with Gasteiger partial charge in [-0.2, -0.15) is 0 Å². The molecule has 1 aliphatic carbocycles. The van der Waals surface area contributed by atoms with Crippen LogP contribution in [0.3, 0.4) is 0 Å². The predicted octanol–water partition coefficient (Wildman–Crippen LogP) is 0.747. The summed E-state index contributed by atoms with van der Waals surface area (Å²) in [6, 6.07) is 0. The van der Waals surface area contributed by atoms with Crippen molar-refractivity contribution in [2.24, 2.45) is 0 Å². The molecule has 1 saturated heterocycles. The zero-order valence-corrected chi connectivity index (χ0v) is 7.91. The maximum atomic E-state index is 9.48. The van der Waals surface area contributed by atoms with Crippen LogP contribution in [0.1, 0.15) is 19.3 Å². The first-order valence-corrected chi connectivity index (χ1v) is 5.08. The van der Waals surface area contributed by atoms with Gasteiger partial charge in [-0.1, -0.05) is 0 Å². The zero-order chi connectivity index (χ0) is 9.10. The van der Waals surface area contributed by atoms with Crippen LogP contribution in [0.25, 0.3) is 0 Å². The summed E-state index contributed by atoms with van der Waals surface area (Å²) in [6.45, 7) is 3.62. The number of allylic oxidation sites excluding steroid dienone is 1. The molecule has 0 aromatic carbocycles. The molecule has 1 fully saturated rings. The highest BCUT2D eigenvalue weighted by atomic mass is 16.5. The highest BCUT2D eigenvalue weighted by Crippen LogP contribution is 2.21. The summed E-state index contributed by atoms with van der Waals surface area (Å²) in [7, 11) is 0. The molecule has 3 heteroatoms. The van der Waals surface area contributed by atoms with E-state index >= 15 is 0 Å². The van der Waals surface area contributed by atoms with E-state index in [0.717, 1.165) is 45.6 Å². The van der Waals surface area contributed by atoms with Gasteiger partial charge < -0.3 is 14.7 Å². The fraction of sp³-hybridized carbons (Fsp3) is 0.800. The SMILES string of the molecule is OC1C=C(N2CCOCC2)CCC1. The molecule has 3 nitrogen and oxygen atoms in total. The van der Waals surface area contributed by atoms with Gasteiger partial charge in [-0.3, -0.25) is 0 Å². The van der Waals surface area contributed by atoms with Gasteiger partial charge in [0.05, 0.1) is 19.3 Å². The minimum atomic E-state index is -0.216. The van der Waals surface area contributed by atoms with Crippen molar-refractivity contribution in [3.8, 4) is 0 Å². The number of nitrogens with zero attached hydrogens (tertiary/aromatic N) is 1. The number of ether oxygens (including phenoxy) is 1. The van der Waals surface area contributed by atoms with Crippen molar-refractivity contribution < 1.29 is 9.84 Å². The van der Waals surface area contributed by atoms with E-state index in [1.54, 1.807) is 0 Å². The molecule has 1 unspecified atom stereocenters. The molecule has 1 heterocycles. The van der Waals surface area contributed by atoms with Crippen molar-refractivity contribution in [2.75, 3.05) is 26.3 Å². The van der Waals surface area contributed by atoms with E-state index in [-0.39, 0.29) is 6.10 Å². The number of hydrogen-bond donors (Lipinski definition) is 1. The molecule has 13 heavy (non-hydrogen) atoms. The number of aliphatic hydroxyl groups is 1. The minimum absolute atomic E-state index is 0.216. The topological polar surface area (TPSA) is 32.7 Å². The summed E-state index contributed by atoms with van der Waals surface area (Å²) in [6.07, 6.45) is 4.95. The Kier molecular flexibility index (Phi) is 2.86. The van der Waals surface area contributed by atoms with Gasteiger partial charge in [0.1, 0.15) is 0 Å². The van der Waals surface area contributed by atoms with E-state index in [0.29, 0.717) is 0 Å². The van der Waals surface area contributed by atoms with E-state index in [9.17, 15) is 5.11 Å². The van der Waals surface area contributed by atoms with Crippen LogP contribution >= 0.6 is 0 Å². The second-order valence-corrected chi connectivity index (χ2v) is 3.72. The number of morpholine rings is 1. The number of aliphatic hydroxyl groups excluding tert-OH is 1. The molecule has 0 saturated carbocycles. The summed E-state index contributed by atoms with van der Waals surface area (Å²) in [5.74, 6) is 0. The van der Waals surface area contributed by atoms with E-state index in [4.69, 9.17) is 4.74 Å². The van der Waals surface area contributed by atoms with Gasteiger partial charge in [0.15, 0.2) is 0 Å². The molecule has 1 N–H and O–H groups in total. The van der Waals surface area contributed by atoms with E-state index in [1.165, 1.54) is 5.70 Å². The van der Waals surface area contributed by atoms with Crippen molar-refractivity contribution in [3.63, 3.8) is 0 Å². The third-order valence-corrected chi connectivity index (χ3v) is 2.73. The highest BCUT2D eigenvalue weighted by Gasteiger charge is 2.17. The predicted molar refractivity (Wildman–Crippen MR) is 50.3 cm³/mol. The quantitative estimate of drug-likeness (QED) is 0.651. The highest BCUT2D eigenvalue weighted by molar-refractivity contribution is 5.08. The van der Waals surface area contributed by atoms with Gasteiger partial charge >= 0.3 is 0 Å². The molecule has 0 spiro atoms. The van der Waals surface area contributed by atoms with E-state index < -0.39 is 0 Å². The van der Waals surface area contributed by atoms with Crippen LogP contribution in [-0.2, 0) is 4.74 Å². The monoisotopic (exact) mass is 183 g/mol. The molecule has 1 atom stereocenters. The maximum absolute atomic E-state index is 9.48. The van der Waals surface area contributed by atoms with Crippen LogP contribution in [-0.4, -0.2) is 42.4 Å². The molecular weight excluding hydrogens is 166 g/mol. The van der Waals surface area contributed by atoms with Crippen LogP contribution in [0, 0.1) is 0 Å². The van der Waals surface area contributed by atoms with Gasteiger partial charge in [-0.25, -0.2) is 0 Å². The second-order valence-electron chi connectivity index (χ2n) is 3.72. The molecular formula is C10H17NO2. The Morgan fingerprint density at radius 2 is 2.15 bits per heavy atom. The Labute approximate surface area is 79.0 Å². The van der Waals surface area contributed by atoms with E-state index in [1.807, 2.05) is 6.08 Å². The molecule has 1 aliphatic heterocycles. The Bertz CT molecular complexity index is 197. The molecule has 0 amide bonds. The molecule has 2 aliphatic rings. The zero-order valence-electron chi connectivity index (χ0n) is 7.91. The second kappa shape index (κ2) is 4.11. The number of hydrogen-bond acceptors (Lipinski definition) is 3. The lowest BCUT2D eigenvalue weighted by molar-refractivity contribution is 0.0493. The Balaban J connectivity index is 1.97. The van der Waals surface area contributed by atoms with Crippen LogP contribution in [0.15, 0.2) is 11.8 Å². The summed E-state index contributed by atoms with van der Waals surface area (Å²) < 4.78 is 5.29. The van der Waals surface area contributed by atoms with Crippen LogP contribution in [0.4, 0.5) is 0 Å². The fourth-order valence-electron chi connectivity index (χ4n) is 2.00. The van der Waals surface area contributed by atoms with Crippen LogP contribution in [0.5, 0.6) is 0 Å². The summed E-state index contributed by atoms with van der Waals surface area (Å²) in [4.78, 5) is 2.34. The molecule has 74 valence electrons. The average molecular weight is 183 g/mol. The maximum Gasteiger partial charge on any atom is 0.0740 e. The van der Waals surface area contributed by atoms with Crippen molar-refractivity contribution in [1.29, 1.82) is 0 Å². The first-order valence-electron chi connectivity index (χ1n) is 5.08. The average Bonchev–Trinajstić information content (AvgIpc) is 2.19. The molecule has 0 aromatic heterocycles. The normalized spacial score (nSPS) is 30.1. The standard InChI is InChI=1S/C10H17NO2/c12-10-3-1-2-9(8-10)11-4-6-13-7-5-11/h8,10,12H,1-7H2. The van der Waals surface area contributed by atoms with Gasteiger partial charge in [-0.05, 0) is 25.3 Å². The Morgan fingerprint density at radius 1 is 1.38 bits per heavy atom. The summed E-state index contributed by atoms with van der Waals surface area (Å²) >= 11 is 0. The first-order chi connectivity index (χ1) is 6.36. The van der Waals surface area contributed by atoms with Crippen molar-refractivity contribution in [2.45, 2.75) is 25.4 Å². The molecule has 0 aromatic rings. The minimum Gasteiger partial charge on any atom is -0.389 e. The van der Waals surface area contributed by atoms with Gasteiger partial charge in [-0.15, -0.1) is 0 Å². The summed E-state index contributed by atoms with van der Waals surface area (Å²) in [5.41, 5.74) is 1.32. The lowest BCUT2D eigenvalue weighted by Crippen LogP contribution is -2.36. The van der Waals surface area contributed by atoms with Crippen LogP contribution in [0.2, 0.25) is 0 Å². The van der Waals surface area contributed by atoms with Gasteiger partial charge in [0.25, 0.3) is 0 Å². The summed E-state index contributed by atoms with van der Waals surface area (Å²) in [5, 5.41) is 9.48. The Hall–Kier alpha value is -0.540. The van der Waals surface area contributed by atoms with Gasteiger partial charge in [0, 0.05) is 18.8 Å². The molecule has 0 bridgehead atoms. The molecule has 0 radical (unpaired) electrons. The van der Waals surface area contributed by atoms with Crippen LogP contribution < -0.4 is 0 Å². The third kappa shape index (κ3) is 2.23. The Morgan fingerprint density at radius 3 is 2.85 bits per heavy atom. The lowest BCUT2D eigenvalue weighted by Gasteiger charge is -2.33. The largest absolute Gasteiger partial charge is 0.389 e. The van der Waals surface area contributed by atoms with Crippen molar-refractivity contribution in [1.82, 2.24) is 4.90 Å². The van der Waals surface area contributed by atoms with E-state index in [2.05, 4.69) is 4.90 Å². The smallest absolute Gasteiger partial charge is 0.0740 e. The number of rotatable bonds is 1. The fourth-order valence-corrected chi connectivity index (χ4v) is 2.00. The third-order valence-electron chi connectivity index (χ3n) is 2.73. The van der Waals surface area contributed by atoms with Crippen molar-refractivity contribution >= 4 is 0 Å².